The van der Waals surface area contributed by atoms with Crippen LogP contribution in [0.3, 0.4) is 0 Å². The van der Waals surface area contributed by atoms with Crippen molar-refractivity contribution in [1.29, 1.82) is 0 Å². The summed E-state index contributed by atoms with van der Waals surface area (Å²) in [4.78, 5) is 0. The van der Waals surface area contributed by atoms with Gasteiger partial charge in [0.05, 0.1) is 30.9 Å². The van der Waals surface area contributed by atoms with Gasteiger partial charge in [-0.2, -0.15) is 0 Å². The highest BCUT2D eigenvalue weighted by Crippen LogP contribution is 2.47. The van der Waals surface area contributed by atoms with Crippen molar-refractivity contribution in [3.05, 3.63) is 48.0 Å². The number of nitrogens with one attached hydrogen (secondary N) is 3. The van der Waals surface area contributed by atoms with Gasteiger partial charge in [-0.05, 0) is 43.4 Å². The highest BCUT2D eigenvalue weighted by atomic mass is 16.7. The summed E-state index contributed by atoms with van der Waals surface area (Å²) in [6.45, 7) is 1.88. The number of hydrogen-bond acceptors (Lipinski definition) is 10. The van der Waals surface area contributed by atoms with Crippen LogP contribution in [0.5, 0.6) is 0 Å². The first-order valence-corrected chi connectivity index (χ1v) is 13.0. The van der Waals surface area contributed by atoms with Crippen molar-refractivity contribution in [1.82, 2.24) is 16.0 Å². The van der Waals surface area contributed by atoms with E-state index >= 15 is 0 Å². The molecule has 10 unspecified atom stereocenters. The van der Waals surface area contributed by atoms with Gasteiger partial charge >= 0.3 is 0 Å². The van der Waals surface area contributed by atoms with E-state index in [-0.39, 0.29) is 19.1 Å². The van der Waals surface area contributed by atoms with Gasteiger partial charge in [-0.1, -0.05) is 36.4 Å². The smallest absolute Gasteiger partial charge is 0.192 e. The van der Waals surface area contributed by atoms with Crippen molar-refractivity contribution in [3.8, 4) is 0 Å². The minimum Gasteiger partial charge on any atom is -0.393 e. The van der Waals surface area contributed by atoms with Crippen LogP contribution in [0.25, 0.3) is 10.8 Å². The number of fused-ring (bicyclic) bond motifs is 3. The van der Waals surface area contributed by atoms with Crippen LogP contribution in [0.1, 0.15) is 18.9 Å². The highest BCUT2D eigenvalue weighted by Gasteiger charge is 2.68. The molecule has 0 bridgehead atoms. The molecule has 10 nitrogen and oxygen atoms in total. The van der Waals surface area contributed by atoms with E-state index in [0.717, 1.165) is 16.3 Å². The van der Waals surface area contributed by atoms with E-state index in [9.17, 15) is 20.4 Å². The summed E-state index contributed by atoms with van der Waals surface area (Å²) in [5, 5.41) is 56.3. The zero-order valence-electron chi connectivity index (χ0n) is 21.5. The Bertz CT molecular complexity index is 1090. The minimum atomic E-state index is -1.63. The zero-order chi connectivity index (χ0) is 26.4. The number of aliphatic hydroxyl groups is 4. The lowest BCUT2D eigenvalue weighted by molar-refractivity contribution is -0.430. The van der Waals surface area contributed by atoms with Crippen molar-refractivity contribution in [2.75, 3.05) is 27.2 Å². The van der Waals surface area contributed by atoms with Crippen molar-refractivity contribution < 1.29 is 34.6 Å². The molecule has 0 radical (unpaired) electrons. The first-order valence-electron chi connectivity index (χ1n) is 13.0. The summed E-state index contributed by atoms with van der Waals surface area (Å²) >= 11 is 0. The molecule has 1 aliphatic carbocycles. The molecule has 0 spiro atoms. The standard InChI is InChI=1S/C27H39N3O7/c1-15-11-26(34,13-30-12-16-8-9-17-6-4-5-7-18(17)10-16)27(14-31)25(35-15)36-24-22(33)19(28-2)21(32)20(29-3)23(24)37-27/h4-10,15,19-25,28-34H,11-14H2,1-3H3. The van der Waals surface area contributed by atoms with Gasteiger partial charge in [0.1, 0.15) is 23.9 Å². The maximum absolute atomic E-state index is 12.1. The molecule has 1 saturated carbocycles. The summed E-state index contributed by atoms with van der Waals surface area (Å²) < 4.78 is 18.8. The fourth-order valence-electron chi connectivity index (χ4n) is 6.37. The van der Waals surface area contributed by atoms with E-state index in [1.165, 1.54) is 0 Å². The van der Waals surface area contributed by atoms with Crippen LogP contribution in [0.2, 0.25) is 0 Å². The van der Waals surface area contributed by atoms with Crippen molar-refractivity contribution >= 4 is 10.8 Å². The van der Waals surface area contributed by atoms with Gasteiger partial charge in [-0.15, -0.1) is 0 Å². The van der Waals surface area contributed by atoms with Crippen molar-refractivity contribution in [3.63, 3.8) is 0 Å². The Kier molecular flexibility index (Phi) is 7.60. The van der Waals surface area contributed by atoms with Gasteiger partial charge < -0.3 is 50.6 Å². The Hall–Kier alpha value is -1.70. The van der Waals surface area contributed by atoms with Gasteiger partial charge in [0, 0.05) is 19.5 Å². The van der Waals surface area contributed by atoms with Crippen molar-refractivity contribution in [2.45, 2.75) is 80.0 Å². The number of ether oxygens (including phenoxy) is 3. The third kappa shape index (κ3) is 4.49. The van der Waals surface area contributed by atoms with Crippen LogP contribution in [0, 0.1) is 0 Å². The van der Waals surface area contributed by atoms with E-state index in [2.05, 4.69) is 40.2 Å². The summed E-state index contributed by atoms with van der Waals surface area (Å²) in [6.07, 6.45) is -5.07. The van der Waals surface area contributed by atoms with Crippen LogP contribution < -0.4 is 16.0 Å². The fraction of sp³-hybridized carbons (Fsp3) is 0.630. The van der Waals surface area contributed by atoms with Gasteiger partial charge in [-0.3, -0.25) is 0 Å². The molecule has 10 heteroatoms. The Labute approximate surface area is 216 Å². The molecule has 3 aliphatic rings. The number of aliphatic hydroxyl groups excluding tert-OH is 3. The lowest BCUT2D eigenvalue weighted by Gasteiger charge is -2.62. The number of likely N-dealkylation sites (N-methyl/N-ethyl adjacent to an activating group) is 2. The van der Waals surface area contributed by atoms with E-state index in [1.54, 1.807) is 14.1 Å². The molecule has 2 aromatic carbocycles. The first-order chi connectivity index (χ1) is 17.8. The second-order valence-electron chi connectivity index (χ2n) is 10.6. The SMILES string of the molecule is CNC1C(O)C(NC)C2OC3(CO)C(OC(C)CC3(O)CNCc3ccc4ccccc4c3)OC2C1O. The molecule has 0 aromatic heterocycles. The van der Waals surface area contributed by atoms with Gasteiger partial charge in [0.25, 0.3) is 0 Å². The van der Waals surface area contributed by atoms with Gasteiger partial charge in [0.2, 0.25) is 0 Å². The van der Waals surface area contributed by atoms with E-state index in [0.29, 0.717) is 6.54 Å². The monoisotopic (exact) mass is 517 g/mol. The van der Waals surface area contributed by atoms with E-state index in [4.69, 9.17) is 14.2 Å². The van der Waals surface area contributed by atoms with Crippen LogP contribution >= 0.6 is 0 Å². The summed E-state index contributed by atoms with van der Waals surface area (Å²) in [5.41, 5.74) is -2.12. The molecule has 0 amide bonds. The third-order valence-corrected chi connectivity index (χ3v) is 8.36. The second-order valence-corrected chi connectivity index (χ2v) is 10.6. The molecule has 3 fully saturated rings. The molecule has 37 heavy (non-hydrogen) atoms. The van der Waals surface area contributed by atoms with Crippen LogP contribution in [-0.4, -0.2) is 108 Å². The molecule has 5 rings (SSSR count). The average molecular weight is 518 g/mol. The Morgan fingerprint density at radius 2 is 1.68 bits per heavy atom. The number of benzene rings is 2. The predicted molar refractivity (Wildman–Crippen MR) is 137 cm³/mol. The molecule has 2 heterocycles. The quantitative estimate of drug-likeness (QED) is 0.250. The molecule has 7 N–H and O–H groups in total. The van der Waals surface area contributed by atoms with Crippen molar-refractivity contribution in [2.24, 2.45) is 0 Å². The lowest BCUT2D eigenvalue weighted by Crippen LogP contribution is -2.82. The van der Waals surface area contributed by atoms with Crippen LogP contribution in [0.4, 0.5) is 0 Å². The van der Waals surface area contributed by atoms with Gasteiger partial charge in [-0.25, -0.2) is 0 Å². The first kappa shape index (κ1) is 26.9. The Balaban J connectivity index is 1.39. The molecular formula is C27H39N3O7. The maximum Gasteiger partial charge on any atom is 0.192 e. The maximum atomic E-state index is 12.1. The molecule has 10 atom stereocenters. The second kappa shape index (κ2) is 10.5. The molecule has 204 valence electrons. The molecule has 2 aliphatic heterocycles. The Morgan fingerprint density at radius 3 is 2.38 bits per heavy atom. The third-order valence-electron chi connectivity index (χ3n) is 8.36. The molecule has 2 saturated heterocycles. The minimum absolute atomic E-state index is 0.111. The predicted octanol–water partition coefficient (Wildman–Crippen LogP) is -0.778. The highest BCUT2D eigenvalue weighted by molar-refractivity contribution is 5.82. The number of rotatable bonds is 7. The zero-order valence-corrected chi connectivity index (χ0v) is 21.5. The topological polar surface area (TPSA) is 145 Å². The van der Waals surface area contributed by atoms with E-state index < -0.39 is 60.6 Å². The fourth-order valence-corrected chi connectivity index (χ4v) is 6.37. The van der Waals surface area contributed by atoms with Crippen LogP contribution in [-0.2, 0) is 20.8 Å². The van der Waals surface area contributed by atoms with E-state index in [1.807, 2.05) is 25.1 Å². The summed E-state index contributed by atoms with van der Waals surface area (Å²) in [6, 6.07) is 13.1. The largest absolute Gasteiger partial charge is 0.393 e. The molecule has 2 aromatic rings. The summed E-state index contributed by atoms with van der Waals surface area (Å²) in [7, 11) is 3.35. The molecular weight excluding hydrogens is 478 g/mol. The summed E-state index contributed by atoms with van der Waals surface area (Å²) in [5.74, 6) is 0. The lowest BCUT2D eigenvalue weighted by atomic mass is 9.73. The Morgan fingerprint density at radius 1 is 0.946 bits per heavy atom. The number of hydrogen-bond donors (Lipinski definition) is 7. The van der Waals surface area contributed by atoms with Gasteiger partial charge in [0.15, 0.2) is 11.9 Å². The normalized spacial score (nSPS) is 41.8. The van der Waals surface area contributed by atoms with Crippen LogP contribution in [0.15, 0.2) is 42.5 Å². The average Bonchev–Trinajstić information content (AvgIpc) is 2.88.